The van der Waals surface area contributed by atoms with Gasteiger partial charge in [0.25, 0.3) is 5.91 Å². The Morgan fingerprint density at radius 1 is 1.43 bits per heavy atom. The van der Waals surface area contributed by atoms with Crippen LogP contribution in [-0.4, -0.2) is 30.7 Å². The van der Waals surface area contributed by atoms with Gasteiger partial charge < -0.3 is 5.32 Å². The molecule has 7 heteroatoms. The minimum absolute atomic E-state index is 0.172. The van der Waals surface area contributed by atoms with Gasteiger partial charge in [0.05, 0.1) is 35.9 Å². The lowest BCUT2D eigenvalue weighted by Gasteiger charge is -2.08. The topological polar surface area (TPSA) is 88.0 Å². The van der Waals surface area contributed by atoms with Crippen LogP contribution in [0.25, 0.3) is 5.65 Å². The summed E-state index contributed by atoms with van der Waals surface area (Å²) in [6.07, 6.45) is 5.90. The molecule has 0 aliphatic rings. The SMILES string of the molecule is CCc1cn[nH]c1CNC(=O)c1cnc2ccnn2c1C. The van der Waals surface area contributed by atoms with Crippen LogP contribution >= 0.6 is 0 Å². The molecule has 0 radical (unpaired) electrons. The fraction of sp³-hybridized carbons (Fsp3) is 0.286. The molecular weight excluding hydrogens is 268 g/mol. The second kappa shape index (κ2) is 5.35. The summed E-state index contributed by atoms with van der Waals surface area (Å²) in [6, 6.07) is 1.80. The Morgan fingerprint density at radius 2 is 2.29 bits per heavy atom. The highest BCUT2D eigenvalue weighted by Gasteiger charge is 2.13. The predicted molar refractivity (Wildman–Crippen MR) is 76.9 cm³/mol. The number of hydrogen-bond acceptors (Lipinski definition) is 4. The van der Waals surface area contributed by atoms with E-state index in [4.69, 9.17) is 0 Å². The van der Waals surface area contributed by atoms with Gasteiger partial charge in [-0.05, 0) is 18.9 Å². The maximum atomic E-state index is 12.3. The molecular formula is C14H16N6O. The van der Waals surface area contributed by atoms with Gasteiger partial charge in [0, 0.05) is 12.3 Å². The lowest BCUT2D eigenvalue weighted by atomic mass is 10.2. The monoisotopic (exact) mass is 284 g/mol. The van der Waals surface area contributed by atoms with Crippen molar-refractivity contribution in [2.45, 2.75) is 26.8 Å². The molecule has 7 nitrogen and oxygen atoms in total. The fourth-order valence-corrected chi connectivity index (χ4v) is 2.27. The highest BCUT2D eigenvalue weighted by atomic mass is 16.1. The van der Waals surface area contributed by atoms with E-state index in [0.717, 1.165) is 29.0 Å². The second-order valence-corrected chi connectivity index (χ2v) is 4.77. The fourth-order valence-electron chi connectivity index (χ4n) is 2.27. The molecule has 0 saturated heterocycles. The second-order valence-electron chi connectivity index (χ2n) is 4.77. The van der Waals surface area contributed by atoms with Crippen molar-refractivity contribution in [3.63, 3.8) is 0 Å². The number of H-pyrrole nitrogens is 1. The summed E-state index contributed by atoms with van der Waals surface area (Å²) in [7, 11) is 0. The molecule has 0 unspecified atom stereocenters. The molecule has 21 heavy (non-hydrogen) atoms. The quantitative estimate of drug-likeness (QED) is 0.754. The molecule has 3 heterocycles. The van der Waals surface area contributed by atoms with Gasteiger partial charge in [-0.3, -0.25) is 9.89 Å². The van der Waals surface area contributed by atoms with Gasteiger partial charge in [-0.1, -0.05) is 6.92 Å². The van der Waals surface area contributed by atoms with Gasteiger partial charge in [0.1, 0.15) is 0 Å². The van der Waals surface area contributed by atoms with Crippen molar-refractivity contribution in [2.75, 3.05) is 0 Å². The summed E-state index contributed by atoms with van der Waals surface area (Å²) in [6.45, 7) is 4.32. The van der Waals surface area contributed by atoms with Crippen LogP contribution in [-0.2, 0) is 13.0 Å². The van der Waals surface area contributed by atoms with E-state index in [0.29, 0.717) is 12.1 Å². The van der Waals surface area contributed by atoms with Crippen LogP contribution < -0.4 is 5.32 Å². The lowest BCUT2D eigenvalue weighted by molar-refractivity contribution is 0.0948. The van der Waals surface area contributed by atoms with Crippen molar-refractivity contribution in [1.82, 2.24) is 30.1 Å². The first kappa shape index (κ1) is 13.3. The molecule has 0 spiro atoms. The van der Waals surface area contributed by atoms with Gasteiger partial charge >= 0.3 is 0 Å². The Kier molecular flexibility index (Phi) is 3.39. The van der Waals surface area contributed by atoms with Crippen LogP contribution in [0.1, 0.15) is 34.2 Å². The Hall–Kier alpha value is -2.70. The smallest absolute Gasteiger partial charge is 0.255 e. The molecule has 0 aliphatic heterocycles. The van der Waals surface area contributed by atoms with Crippen molar-refractivity contribution in [2.24, 2.45) is 0 Å². The van der Waals surface area contributed by atoms with Gasteiger partial charge in [-0.15, -0.1) is 0 Å². The molecule has 2 N–H and O–H groups in total. The summed E-state index contributed by atoms with van der Waals surface area (Å²) in [5, 5.41) is 13.9. The third-order valence-electron chi connectivity index (χ3n) is 3.51. The Morgan fingerprint density at radius 3 is 3.10 bits per heavy atom. The van der Waals surface area contributed by atoms with Gasteiger partial charge in [0.15, 0.2) is 5.65 Å². The number of nitrogens with zero attached hydrogens (tertiary/aromatic N) is 4. The first-order valence-corrected chi connectivity index (χ1v) is 6.79. The van der Waals surface area contributed by atoms with E-state index < -0.39 is 0 Å². The molecule has 3 aromatic heterocycles. The number of aromatic nitrogens is 5. The Balaban J connectivity index is 1.79. The predicted octanol–water partition coefficient (Wildman–Crippen LogP) is 1.25. The largest absolute Gasteiger partial charge is 0.346 e. The average Bonchev–Trinajstić information content (AvgIpc) is 3.13. The van der Waals surface area contributed by atoms with Crippen molar-refractivity contribution in [1.29, 1.82) is 0 Å². The third-order valence-corrected chi connectivity index (χ3v) is 3.51. The highest BCUT2D eigenvalue weighted by molar-refractivity contribution is 5.95. The van der Waals surface area contributed by atoms with Gasteiger partial charge in [0.2, 0.25) is 0 Å². The summed E-state index contributed by atoms with van der Waals surface area (Å²) in [4.78, 5) is 16.5. The van der Waals surface area contributed by atoms with E-state index in [9.17, 15) is 4.79 Å². The number of amides is 1. The van der Waals surface area contributed by atoms with Crippen LogP contribution in [0, 0.1) is 6.92 Å². The highest BCUT2D eigenvalue weighted by Crippen LogP contribution is 2.10. The molecule has 0 saturated carbocycles. The molecule has 0 atom stereocenters. The maximum absolute atomic E-state index is 12.3. The van der Waals surface area contributed by atoms with Crippen molar-refractivity contribution in [3.05, 3.63) is 47.2 Å². The molecule has 0 fully saturated rings. The average molecular weight is 284 g/mol. The van der Waals surface area contributed by atoms with E-state index >= 15 is 0 Å². The number of carbonyl (C=O) groups is 1. The van der Waals surface area contributed by atoms with Crippen molar-refractivity contribution in [3.8, 4) is 0 Å². The number of hydrogen-bond donors (Lipinski definition) is 2. The first-order chi connectivity index (χ1) is 10.2. The standard InChI is InChI=1S/C14H16N6O/c1-3-10-6-17-19-12(10)8-16-14(21)11-7-15-13-4-5-18-20(13)9(11)2/h4-7H,3,8H2,1-2H3,(H,16,21)(H,17,19). The van der Waals surface area contributed by atoms with E-state index in [1.165, 1.54) is 0 Å². The summed E-state index contributed by atoms with van der Waals surface area (Å²) in [5.41, 5.74) is 4.04. The zero-order valence-corrected chi connectivity index (χ0v) is 11.9. The number of nitrogens with one attached hydrogen (secondary N) is 2. The number of aryl methyl sites for hydroxylation is 2. The molecule has 108 valence electrons. The van der Waals surface area contributed by atoms with Crippen LogP contribution in [0.15, 0.2) is 24.7 Å². The maximum Gasteiger partial charge on any atom is 0.255 e. The minimum Gasteiger partial charge on any atom is -0.346 e. The summed E-state index contributed by atoms with van der Waals surface area (Å²) < 4.78 is 1.66. The normalized spacial score (nSPS) is 11.0. The lowest BCUT2D eigenvalue weighted by Crippen LogP contribution is -2.25. The molecule has 3 rings (SSSR count). The molecule has 0 aromatic carbocycles. The van der Waals surface area contributed by atoms with E-state index in [2.05, 4.69) is 32.5 Å². The van der Waals surface area contributed by atoms with Crippen LogP contribution in [0.5, 0.6) is 0 Å². The van der Waals surface area contributed by atoms with Gasteiger partial charge in [-0.2, -0.15) is 10.2 Å². The molecule has 1 amide bonds. The Bertz CT molecular complexity index is 788. The number of rotatable bonds is 4. The van der Waals surface area contributed by atoms with Gasteiger partial charge in [-0.25, -0.2) is 9.50 Å². The molecule has 0 bridgehead atoms. The third kappa shape index (κ3) is 2.37. The number of carbonyl (C=O) groups excluding carboxylic acids is 1. The zero-order chi connectivity index (χ0) is 14.8. The van der Waals surface area contributed by atoms with E-state index in [1.807, 2.05) is 6.92 Å². The molecule has 0 aliphatic carbocycles. The van der Waals surface area contributed by atoms with Crippen LogP contribution in [0.4, 0.5) is 0 Å². The zero-order valence-electron chi connectivity index (χ0n) is 11.9. The van der Waals surface area contributed by atoms with Crippen LogP contribution in [0.3, 0.4) is 0 Å². The first-order valence-electron chi connectivity index (χ1n) is 6.79. The van der Waals surface area contributed by atoms with E-state index in [1.54, 1.807) is 29.2 Å². The number of aromatic amines is 1. The minimum atomic E-state index is -0.172. The van der Waals surface area contributed by atoms with Crippen LogP contribution in [0.2, 0.25) is 0 Å². The summed E-state index contributed by atoms with van der Waals surface area (Å²) >= 11 is 0. The van der Waals surface area contributed by atoms with E-state index in [-0.39, 0.29) is 5.91 Å². The Labute approximate surface area is 121 Å². The summed E-state index contributed by atoms with van der Waals surface area (Å²) in [5.74, 6) is -0.172. The van der Waals surface area contributed by atoms with Crippen molar-refractivity contribution < 1.29 is 4.79 Å². The molecule has 3 aromatic rings. The number of fused-ring (bicyclic) bond motifs is 1. The van der Waals surface area contributed by atoms with Crippen molar-refractivity contribution >= 4 is 11.6 Å².